The van der Waals surface area contributed by atoms with Crippen molar-refractivity contribution in [3.8, 4) is 0 Å². The van der Waals surface area contributed by atoms with E-state index in [1.165, 1.54) is 14.0 Å². The molecule has 2 aromatic rings. The highest BCUT2D eigenvalue weighted by Gasteiger charge is 2.46. The maximum Gasteiger partial charge on any atom is 0.417 e. The van der Waals surface area contributed by atoms with Crippen molar-refractivity contribution in [1.29, 1.82) is 0 Å². The highest BCUT2D eigenvalue weighted by Crippen LogP contribution is 2.33. The molecule has 226 valence electrons. The Morgan fingerprint density at radius 1 is 1.22 bits per heavy atom. The summed E-state index contributed by atoms with van der Waals surface area (Å²) in [5.74, 6) is -0.640. The fourth-order valence-electron chi connectivity index (χ4n) is 4.35. The summed E-state index contributed by atoms with van der Waals surface area (Å²) in [5.41, 5.74) is 1.01. The quantitative estimate of drug-likeness (QED) is 0.210. The molecule has 0 saturated carbocycles. The number of halogens is 1. The van der Waals surface area contributed by atoms with Crippen molar-refractivity contribution in [2.75, 3.05) is 33.5 Å². The van der Waals surface area contributed by atoms with Crippen molar-refractivity contribution in [3.05, 3.63) is 58.0 Å². The third-order valence-corrected chi connectivity index (χ3v) is 7.23. The highest BCUT2D eigenvalue weighted by atomic mass is 79.9. The van der Waals surface area contributed by atoms with Gasteiger partial charge in [-0.2, -0.15) is 0 Å². The summed E-state index contributed by atoms with van der Waals surface area (Å²) in [6, 6.07) is 10.8. The van der Waals surface area contributed by atoms with Crippen LogP contribution in [0.1, 0.15) is 50.4 Å². The molecule has 1 N–H and O–H groups in total. The molecule has 1 aromatic heterocycles. The summed E-state index contributed by atoms with van der Waals surface area (Å²) in [4.78, 5) is 38.8. The zero-order chi connectivity index (χ0) is 29.9. The number of aliphatic hydroxyl groups is 1. The number of esters is 1. The van der Waals surface area contributed by atoms with Gasteiger partial charge in [0.1, 0.15) is 24.2 Å². The molecule has 1 saturated heterocycles. The van der Waals surface area contributed by atoms with Crippen LogP contribution in [0.3, 0.4) is 0 Å². The van der Waals surface area contributed by atoms with E-state index >= 15 is 0 Å². The number of imide groups is 1. The van der Waals surface area contributed by atoms with Gasteiger partial charge in [-0.15, -0.1) is 0 Å². The molecular formula is C29H38BrNO10. The minimum Gasteiger partial charge on any atom is -0.461 e. The van der Waals surface area contributed by atoms with Gasteiger partial charge in [0.05, 0.1) is 30.3 Å². The third-order valence-electron chi connectivity index (χ3n) is 6.56. The Hall–Kier alpha value is -2.77. The van der Waals surface area contributed by atoms with Gasteiger partial charge in [0.25, 0.3) is 5.91 Å². The van der Waals surface area contributed by atoms with E-state index in [-0.39, 0.29) is 31.5 Å². The Morgan fingerprint density at radius 2 is 1.95 bits per heavy atom. The van der Waals surface area contributed by atoms with Crippen LogP contribution in [0.4, 0.5) is 4.79 Å². The summed E-state index contributed by atoms with van der Waals surface area (Å²) >= 11 is 3.47. The molecule has 0 unspecified atom stereocenters. The predicted molar refractivity (Wildman–Crippen MR) is 150 cm³/mol. The Morgan fingerprint density at radius 3 is 2.59 bits per heavy atom. The molecule has 11 nitrogen and oxygen atoms in total. The maximum absolute atomic E-state index is 13.5. The second kappa shape index (κ2) is 16.0. The summed E-state index contributed by atoms with van der Waals surface area (Å²) in [6.07, 6.45) is -2.74. The van der Waals surface area contributed by atoms with Gasteiger partial charge in [-0.1, -0.05) is 44.2 Å². The van der Waals surface area contributed by atoms with Crippen LogP contribution in [-0.4, -0.2) is 79.8 Å². The molecule has 2 amide bonds. The number of benzene rings is 1. The fraction of sp³-hybridized carbons (Fsp3) is 0.552. The zero-order valence-electron chi connectivity index (χ0n) is 23.7. The zero-order valence-corrected chi connectivity index (χ0v) is 25.3. The van der Waals surface area contributed by atoms with Crippen LogP contribution in [0, 0.1) is 5.92 Å². The number of ether oxygens (including phenoxy) is 5. The number of nitrogens with zero attached hydrogens (tertiary/aromatic N) is 1. The Bertz CT molecular complexity index is 1140. The standard InChI is InChI=1S/C29H38BrNO10/c1-18(2)23-17-39-29(35)31(23)28(34)27(36-4)26(40-19(3)33)25-13-22(30)24(41-25)11-8-12-37-16-21(14-32)38-15-20-9-6-5-7-10-20/h5-7,9-10,13,18,21,23,26-27,32H,8,11-12,14-17H2,1-4H3/t21-,23+,26+,27-/m1/s1. The summed E-state index contributed by atoms with van der Waals surface area (Å²) in [7, 11) is 1.30. The van der Waals surface area contributed by atoms with E-state index in [4.69, 9.17) is 28.1 Å². The lowest BCUT2D eigenvalue weighted by Gasteiger charge is -2.29. The Balaban J connectivity index is 1.60. The van der Waals surface area contributed by atoms with Gasteiger partial charge < -0.3 is 33.2 Å². The number of amides is 2. The number of hydrogen-bond acceptors (Lipinski definition) is 10. The number of furan rings is 1. The smallest absolute Gasteiger partial charge is 0.417 e. The molecule has 2 heterocycles. The van der Waals surface area contributed by atoms with Crippen molar-refractivity contribution in [2.24, 2.45) is 5.92 Å². The van der Waals surface area contributed by atoms with Crippen LogP contribution in [0.5, 0.6) is 0 Å². The lowest BCUT2D eigenvalue weighted by Crippen LogP contribution is -2.49. The maximum atomic E-state index is 13.5. The molecule has 1 aliphatic heterocycles. The van der Waals surface area contributed by atoms with Crippen LogP contribution in [0.2, 0.25) is 0 Å². The molecule has 0 bridgehead atoms. The summed E-state index contributed by atoms with van der Waals surface area (Å²) < 4.78 is 34.1. The minimum absolute atomic E-state index is 0.0512. The van der Waals surface area contributed by atoms with Crippen molar-refractivity contribution in [2.45, 2.75) is 64.6 Å². The van der Waals surface area contributed by atoms with Gasteiger partial charge in [0, 0.05) is 27.1 Å². The fourth-order valence-corrected chi connectivity index (χ4v) is 4.85. The van der Waals surface area contributed by atoms with Gasteiger partial charge >= 0.3 is 12.1 Å². The lowest BCUT2D eigenvalue weighted by atomic mass is 10.0. The van der Waals surface area contributed by atoms with Gasteiger partial charge in [0.15, 0.2) is 12.2 Å². The molecule has 1 aromatic carbocycles. The van der Waals surface area contributed by atoms with E-state index in [2.05, 4.69) is 15.9 Å². The Kier molecular flexibility index (Phi) is 12.8. The number of carbonyl (C=O) groups excluding carboxylic acids is 3. The lowest BCUT2D eigenvalue weighted by molar-refractivity contribution is -0.164. The molecule has 41 heavy (non-hydrogen) atoms. The number of hydrogen-bond donors (Lipinski definition) is 1. The number of carbonyl (C=O) groups is 3. The minimum atomic E-state index is -1.34. The highest BCUT2D eigenvalue weighted by molar-refractivity contribution is 9.10. The van der Waals surface area contributed by atoms with Crippen LogP contribution in [-0.2, 0) is 46.3 Å². The molecule has 1 aliphatic rings. The molecule has 12 heteroatoms. The number of methoxy groups -OCH3 is 1. The number of aliphatic hydroxyl groups excluding tert-OH is 1. The molecule has 0 spiro atoms. The molecule has 0 radical (unpaired) electrons. The Labute approximate surface area is 248 Å². The van der Waals surface area contributed by atoms with Gasteiger partial charge in [0.2, 0.25) is 0 Å². The second-order valence-electron chi connectivity index (χ2n) is 9.98. The summed E-state index contributed by atoms with van der Waals surface area (Å²) in [5, 5.41) is 9.60. The van der Waals surface area contributed by atoms with Crippen LogP contribution < -0.4 is 0 Å². The first kappa shape index (κ1) is 32.7. The first-order chi connectivity index (χ1) is 19.7. The van der Waals surface area contributed by atoms with Crippen LogP contribution in [0.25, 0.3) is 0 Å². The monoisotopic (exact) mass is 639 g/mol. The number of cyclic esters (lactones) is 1. The molecule has 0 aliphatic carbocycles. The first-order valence-electron chi connectivity index (χ1n) is 13.5. The average Bonchev–Trinajstić information content (AvgIpc) is 3.52. The van der Waals surface area contributed by atoms with E-state index < -0.39 is 42.3 Å². The normalized spacial score (nSPS) is 17.4. The summed E-state index contributed by atoms with van der Waals surface area (Å²) in [6.45, 7) is 5.87. The van der Waals surface area contributed by atoms with Crippen molar-refractivity contribution < 1.29 is 47.6 Å². The van der Waals surface area contributed by atoms with Crippen molar-refractivity contribution in [1.82, 2.24) is 4.90 Å². The first-order valence-corrected chi connectivity index (χ1v) is 14.3. The van der Waals surface area contributed by atoms with Crippen molar-refractivity contribution in [3.63, 3.8) is 0 Å². The molecule has 4 atom stereocenters. The predicted octanol–water partition coefficient (Wildman–Crippen LogP) is 4.19. The van der Waals surface area contributed by atoms with Gasteiger partial charge in [-0.25, -0.2) is 9.69 Å². The van der Waals surface area contributed by atoms with Crippen molar-refractivity contribution >= 4 is 33.9 Å². The average molecular weight is 641 g/mol. The molecule has 1 fully saturated rings. The number of rotatable bonds is 16. The topological polar surface area (TPSA) is 134 Å². The van der Waals surface area contributed by atoms with E-state index in [1.807, 2.05) is 44.2 Å². The largest absolute Gasteiger partial charge is 0.461 e. The van der Waals surface area contributed by atoms with E-state index in [1.54, 1.807) is 6.07 Å². The van der Waals surface area contributed by atoms with Crippen LogP contribution >= 0.6 is 15.9 Å². The SMILES string of the molecule is CO[C@@H](C(=O)N1C(=O)OC[C@H]1C(C)C)[C@@H](OC(C)=O)c1cc(Br)c(CCCOC[C@@H](CO)OCc2ccccc2)o1. The van der Waals surface area contributed by atoms with Crippen LogP contribution in [0.15, 0.2) is 45.3 Å². The van der Waals surface area contributed by atoms with Gasteiger partial charge in [-0.3, -0.25) is 9.59 Å². The number of aryl methyl sites for hydroxylation is 1. The third kappa shape index (κ3) is 9.11. The second-order valence-corrected chi connectivity index (χ2v) is 10.8. The van der Waals surface area contributed by atoms with E-state index in [9.17, 15) is 19.5 Å². The molecule has 3 rings (SSSR count). The molecular weight excluding hydrogens is 602 g/mol. The van der Waals surface area contributed by atoms with E-state index in [0.717, 1.165) is 10.5 Å². The van der Waals surface area contributed by atoms with E-state index in [0.29, 0.717) is 36.3 Å². The van der Waals surface area contributed by atoms with Gasteiger partial charge in [-0.05, 0) is 39.9 Å².